The van der Waals surface area contributed by atoms with Gasteiger partial charge in [-0.3, -0.25) is 0 Å². The number of anilines is 2. The molecule has 0 N–H and O–H groups in total. The molecule has 10 aromatic rings. The van der Waals surface area contributed by atoms with E-state index in [1.54, 1.807) is 0 Å². The second-order valence-electron chi connectivity index (χ2n) is 16.1. The molecule has 0 amide bonds. The fourth-order valence-corrected chi connectivity index (χ4v) is 10.9. The lowest BCUT2D eigenvalue weighted by atomic mass is 9.82. The fourth-order valence-electron chi connectivity index (χ4n) is 10.9. The fraction of sp³-hybridized carbons (Fsp3) is 0.111. The molecule has 260 valence electrons. The molecule has 2 atom stereocenters. The van der Waals surface area contributed by atoms with Crippen molar-refractivity contribution in [2.75, 3.05) is 4.90 Å². The molecule has 0 saturated heterocycles. The van der Waals surface area contributed by atoms with Gasteiger partial charge in [0.1, 0.15) is 0 Å². The van der Waals surface area contributed by atoms with Gasteiger partial charge in [-0.1, -0.05) is 152 Å². The van der Waals surface area contributed by atoms with E-state index in [1.165, 1.54) is 123 Å². The highest BCUT2D eigenvalue weighted by molar-refractivity contribution is 6.31. The first-order valence-electron chi connectivity index (χ1n) is 19.9. The Balaban J connectivity index is 1.16. The van der Waals surface area contributed by atoms with E-state index < -0.39 is 0 Å². The van der Waals surface area contributed by atoms with Crippen LogP contribution in [0.5, 0.6) is 0 Å². The van der Waals surface area contributed by atoms with Crippen molar-refractivity contribution in [3.05, 3.63) is 181 Å². The quantitative estimate of drug-likeness (QED) is 0.165. The maximum atomic E-state index is 2.66. The van der Waals surface area contributed by atoms with Crippen molar-refractivity contribution >= 4 is 65.2 Å². The van der Waals surface area contributed by atoms with Crippen LogP contribution in [0.4, 0.5) is 11.4 Å². The molecule has 1 aliphatic heterocycles. The zero-order chi connectivity index (χ0) is 36.3. The summed E-state index contributed by atoms with van der Waals surface area (Å²) in [5.41, 5.74) is 12.0. The summed E-state index contributed by atoms with van der Waals surface area (Å²) in [7, 11) is 0. The van der Waals surface area contributed by atoms with E-state index in [0.717, 1.165) is 0 Å². The summed E-state index contributed by atoms with van der Waals surface area (Å²) in [4.78, 5) is 2.66. The van der Waals surface area contributed by atoms with Gasteiger partial charge in [0.05, 0.1) is 0 Å². The summed E-state index contributed by atoms with van der Waals surface area (Å²) >= 11 is 0. The van der Waals surface area contributed by atoms with Crippen molar-refractivity contribution in [2.45, 2.75) is 37.6 Å². The van der Waals surface area contributed by atoms with Crippen LogP contribution in [-0.4, -0.2) is 5.54 Å². The topological polar surface area (TPSA) is 3.24 Å². The first kappa shape index (κ1) is 31.0. The number of hydrogen-bond acceptors (Lipinski definition) is 1. The van der Waals surface area contributed by atoms with Crippen LogP contribution in [0, 0.1) is 0 Å². The largest absolute Gasteiger partial charge is 0.335 e. The Morgan fingerprint density at radius 2 is 1.05 bits per heavy atom. The van der Waals surface area contributed by atoms with Gasteiger partial charge in [-0.2, -0.15) is 0 Å². The second-order valence-corrected chi connectivity index (χ2v) is 16.1. The van der Waals surface area contributed by atoms with Crippen LogP contribution in [-0.2, 0) is 0 Å². The molecule has 1 heteroatoms. The summed E-state index contributed by atoms with van der Waals surface area (Å²) < 4.78 is 0. The maximum absolute atomic E-state index is 2.66. The monoisotopic (exact) mass is 701 g/mol. The van der Waals surface area contributed by atoms with Crippen molar-refractivity contribution < 1.29 is 0 Å². The number of nitrogens with zero attached hydrogens (tertiary/aromatic N) is 1. The second kappa shape index (κ2) is 11.5. The Hall–Kier alpha value is -6.44. The van der Waals surface area contributed by atoms with Crippen molar-refractivity contribution in [3.63, 3.8) is 0 Å². The number of hydrogen-bond donors (Lipinski definition) is 0. The molecule has 0 aromatic heterocycles. The summed E-state index contributed by atoms with van der Waals surface area (Å²) in [5.74, 6) is 0.503. The van der Waals surface area contributed by atoms with Gasteiger partial charge in [0.15, 0.2) is 0 Å². The van der Waals surface area contributed by atoms with Crippen LogP contribution < -0.4 is 4.90 Å². The highest BCUT2D eigenvalue weighted by Gasteiger charge is 2.51. The van der Waals surface area contributed by atoms with Gasteiger partial charge in [0.25, 0.3) is 0 Å². The summed E-state index contributed by atoms with van der Waals surface area (Å²) in [6, 6.07) is 66.3. The number of benzene rings is 10. The third-order valence-electron chi connectivity index (χ3n) is 13.3. The molecule has 0 radical (unpaired) electrons. The minimum Gasteiger partial charge on any atom is -0.335 e. The lowest BCUT2D eigenvalue weighted by Crippen LogP contribution is -2.40. The Morgan fingerprint density at radius 3 is 1.82 bits per heavy atom. The molecular formula is C54H39N. The van der Waals surface area contributed by atoms with Crippen molar-refractivity contribution in [2.24, 2.45) is 0 Å². The van der Waals surface area contributed by atoms with E-state index in [0.29, 0.717) is 5.92 Å². The van der Waals surface area contributed by atoms with Gasteiger partial charge >= 0.3 is 0 Å². The maximum Gasteiger partial charge on any atom is 0.0492 e. The van der Waals surface area contributed by atoms with Gasteiger partial charge < -0.3 is 4.90 Å². The van der Waals surface area contributed by atoms with Gasteiger partial charge in [0.2, 0.25) is 0 Å². The van der Waals surface area contributed by atoms with Gasteiger partial charge in [-0.15, -0.1) is 0 Å². The molecule has 1 nitrogen and oxygen atoms in total. The van der Waals surface area contributed by atoms with E-state index in [4.69, 9.17) is 0 Å². The van der Waals surface area contributed by atoms with Crippen LogP contribution in [0.25, 0.3) is 87.2 Å². The minimum atomic E-state index is 0.0805. The van der Waals surface area contributed by atoms with E-state index in [1.807, 2.05) is 0 Å². The van der Waals surface area contributed by atoms with E-state index in [9.17, 15) is 0 Å². The molecular weight excluding hydrogens is 663 g/mol. The normalized spacial score (nSPS) is 17.9. The van der Waals surface area contributed by atoms with E-state index in [2.05, 4.69) is 188 Å². The lowest BCUT2D eigenvalue weighted by molar-refractivity contribution is 0.451. The third-order valence-corrected chi connectivity index (χ3v) is 13.3. The molecule has 0 bridgehead atoms. The van der Waals surface area contributed by atoms with Gasteiger partial charge in [-0.05, 0) is 143 Å². The smallest absolute Gasteiger partial charge is 0.0492 e. The number of para-hydroxylation sites is 1. The molecule has 12 rings (SSSR count). The summed E-state index contributed by atoms with van der Waals surface area (Å²) in [6.07, 6.45) is 3.70. The molecule has 2 unspecified atom stereocenters. The zero-order valence-corrected chi connectivity index (χ0v) is 30.9. The predicted octanol–water partition coefficient (Wildman–Crippen LogP) is 15.1. The highest BCUT2D eigenvalue weighted by atomic mass is 15.2. The van der Waals surface area contributed by atoms with Crippen LogP contribution in [0.15, 0.2) is 176 Å². The molecule has 2 aliphatic rings. The van der Waals surface area contributed by atoms with Crippen LogP contribution in [0.3, 0.4) is 0 Å². The van der Waals surface area contributed by atoms with Crippen molar-refractivity contribution in [3.8, 4) is 33.4 Å². The molecule has 1 fully saturated rings. The summed E-state index contributed by atoms with van der Waals surface area (Å²) in [6.45, 7) is 2.50. The van der Waals surface area contributed by atoms with Gasteiger partial charge in [0, 0.05) is 22.8 Å². The molecule has 1 saturated carbocycles. The first-order valence-corrected chi connectivity index (χ1v) is 19.9. The van der Waals surface area contributed by atoms with E-state index in [-0.39, 0.29) is 5.54 Å². The molecule has 1 heterocycles. The Labute approximate surface area is 321 Å². The zero-order valence-electron chi connectivity index (χ0n) is 30.9. The van der Waals surface area contributed by atoms with Gasteiger partial charge in [-0.25, -0.2) is 0 Å². The standard InChI is InChI=1S/C54H39N/c1-54-31-11-22-50(54)49-32-37(25-30-51(49)55(54)38-16-3-2-4-17-38)47-33-48(42-21-10-15-35-13-6-8-19-40(35)42)46-27-24-36-23-26-43(44-28-29-45(47)53(46)52(36)44)41-20-9-14-34-12-5-7-18-39(34)41/h2-10,12-21,23-30,32-33,50H,11,22,31H2,1H3. The number of fused-ring (bicyclic) bond motifs is 5. The van der Waals surface area contributed by atoms with Crippen LogP contribution >= 0.6 is 0 Å². The van der Waals surface area contributed by atoms with Crippen molar-refractivity contribution in [1.82, 2.24) is 0 Å². The molecule has 10 aromatic carbocycles. The highest BCUT2D eigenvalue weighted by Crippen LogP contribution is 2.59. The molecule has 1 aliphatic carbocycles. The van der Waals surface area contributed by atoms with Crippen LogP contribution in [0.2, 0.25) is 0 Å². The minimum absolute atomic E-state index is 0.0805. The summed E-state index contributed by atoms with van der Waals surface area (Å²) in [5, 5.41) is 13.0. The Kier molecular flexibility index (Phi) is 6.49. The molecule has 0 spiro atoms. The third kappa shape index (κ3) is 4.36. The average Bonchev–Trinajstić information content (AvgIpc) is 3.74. The lowest BCUT2D eigenvalue weighted by Gasteiger charge is -2.37. The first-order chi connectivity index (χ1) is 27.2. The Bertz CT molecular complexity index is 3150. The predicted molar refractivity (Wildman–Crippen MR) is 235 cm³/mol. The average molecular weight is 702 g/mol. The van der Waals surface area contributed by atoms with E-state index >= 15 is 0 Å². The van der Waals surface area contributed by atoms with Crippen LogP contribution in [0.1, 0.15) is 37.7 Å². The van der Waals surface area contributed by atoms with Crippen molar-refractivity contribution in [1.29, 1.82) is 0 Å². The molecule has 55 heavy (non-hydrogen) atoms. The SMILES string of the molecule is CC12CCCC1c1cc(-c3cc(-c4cccc5ccccc45)c4ccc5ccc(-c6cccc7ccccc67)c6ccc3c4c56)ccc1N2c1ccccc1. The Morgan fingerprint density at radius 1 is 0.455 bits per heavy atom. The number of rotatable bonds is 4.